The van der Waals surface area contributed by atoms with Crippen molar-refractivity contribution in [2.45, 2.75) is 6.54 Å². The van der Waals surface area contributed by atoms with Crippen LogP contribution in [0.1, 0.15) is 5.56 Å². The largest absolute Gasteiger partial charge is 0.381 e. The Bertz CT molecular complexity index is 645. The van der Waals surface area contributed by atoms with Crippen molar-refractivity contribution in [2.75, 3.05) is 5.32 Å². The Kier molecular flexibility index (Phi) is 4.29. The third-order valence-electron chi connectivity index (χ3n) is 2.59. The average Bonchev–Trinajstić information content (AvgIpc) is 2.36. The van der Waals surface area contributed by atoms with Crippen molar-refractivity contribution < 1.29 is 13.7 Å². The van der Waals surface area contributed by atoms with E-state index in [9.17, 15) is 18.9 Å². The third-order valence-corrected chi connectivity index (χ3v) is 3.33. The molecular weight excluding hydrogens is 334 g/mol. The highest BCUT2D eigenvalue weighted by Crippen LogP contribution is 2.24. The molecule has 0 aliphatic carbocycles. The normalized spacial score (nSPS) is 10.3. The van der Waals surface area contributed by atoms with Gasteiger partial charge < -0.3 is 5.32 Å². The van der Waals surface area contributed by atoms with Crippen LogP contribution >= 0.6 is 15.9 Å². The first-order chi connectivity index (χ1) is 9.45. The Morgan fingerprint density at radius 2 is 1.80 bits per heavy atom. The van der Waals surface area contributed by atoms with E-state index in [2.05, 4.69) is 21.2 Å². The highest BCUT2D eigenvalue weighted by atomic mass is 79.9. The number of nitro groups is 1. The lowest BCUT2D eigenvalue weighted by Crippen LogP contribution is -2.01. The maximum atomic E-state index is 13.0. The monoisotopic (exact) mass is 342 g/mol. The number of nitrogens with zero attached hydrogens (tertiary/aromatic N) is 1. The summed E-state index contributed by atoms with van der Waals surface area (Å²) in [6, 6.07) is 7.44. The smallest absolute Gasteiger partial charge is 0.270 e. The van der Waals surface area contributed by atoms with Crippen LogP contribution in [0.3, 0.4) is 0 Å². The molecule has 4 nitrogen and oxygen atoms in total. The summed E-state index contributed by atoms with van der Waals surface area (Å²) in [5.41, 5.74) is 1.01. The summed E-state index contributed by atoms with van der Waals surface area (Å²) in [6.45, 7) is 0.279. The molecule has 2 aromatic rings. The van der Waals surface area contributed by atoms with Gasteiger partial charge in [0.15, 0.2) is 0 Å². The number of halogens is 3. The van der Waals surface area contributed by atoms with Gasteiger partial charge in [-0.25, -0.2) is 8.78 Å². The van der Waals surface area contributed by atoms with Gasteiger partial charge in [0.25, 0.3) is 5.69 Å². The summed E-state index contributed by atoms with van der Waals surface area (Å²) >= 11 is 3.23. The fraction of sp³-hybridized carbons (Fsp3) is 0.0769. The molecular formula is C13H9BrF2N2O2. The van der Waals surface area contributed by atoms with E-state index < -0.39 is 16.6 Å². The number of hydrogen-bond acceptors (Lipinski definition) is 3. The Balaban J connectivity index is 2.12. The quantitative estimate of drug-likeness (QED) is 0.667. The molecule has 0 heterocycles. The van der Waals surface area contributed by atoms with Gasteiger partial charge in [0.1, 0.15) is 11.6 Å². The van der Waals surface area contributed by atoms with Crippen LogP contribution in [0.2, 0.25) is 0 Å². The van der Waals surface area contributed by atoms with Crippen LogP contribution in [-0.4, -0.2) is 4.92 Å². The molecule has 0 unspecified atom stereocenters. The van der Waals surface area contributed by atoms with Crippen LogP contribution in [0.25, 0.3) is 0 Å². The summed E-state index contributed by atoms with van der Waals surface area (Å²) in [7, 11) is 0. The molecule has 0 aromatic heterocycles. The summed E-state index contributed by atoms with van der Waals surface area (Å²) in [6.07, 6.45) is 0. The second kappa shape index (κ2) is 5.96. The van der Waals surface area contributed by atoms with Gasteiger partial charge in [0.2, 0.25) is 0 Å². The summed E-state index contributed by atoms with van der Waals surface area (Å²) in [5.74, 6) is -1.34. The molecule has 0 radical (unpaired) electrons. The van der Waals surface area contributed by atoms with Gasteiger partial charge in [-0.15, -0.1) is 0 Å². The van der Waals surface area contributed by atoms with E-state index in [0.717, 1.165) is 11.6 Å². The third kappa shape index (κ3) is 3.51. The zero-order valence-electron chi connectivity index (χ0n) is 10.1. The zero-order chi connectivity index (χ0) is 14.7. The average molecular weight is 343 g/mol. The minimum Gasteiger partial charge on any atom is -0.381 e. The first-order valence-electron chi connectivity index (χ1n) is 5.58. The van der Waals surface area contributed by atoms with Crippen LogP contribution in [0.5, 0.6) is 0 Å². The number of nitro benzene ring substituents is 1. The van der Waals surface area contributed by atoms with E-state index in [1.807, 2.05) is 0 Å². The van der Waals surface area contributed by atoms with Crippen molar-refractivity contribution in [1.29, 1.82) is 0 Å². The maximum Gasteiger partial charge on any atom is 0.270 e. The van der Waals surface area contributed by atoms with Crippen molar-refractivity contribution in [3.63, 3.8) is 0 Å². The molecule has 20 heavy (non-hydrogen) atoms. The van der Waals surface area contributed by atoms with Crippen LogP contribution in [0, 0.1) is 21.7 Å². The van der Waals surface area contributed by atoms with Crippen molar-refractivity contribution in [1.82, 2.24) is 0 Å². The van der Waals surface area contributed by atoms with E-state index in [1.165, 1.54) is 24.3 Å². The Labute approximate surface area is 121 Å². The van der Waals surface area contributed by atoms with Gasteiger partial charge >= 0.3 is 0 Å². The molecule has 0 aliphatic rings. The molecule has 0 saturated carbocycles. The molecule has 0 spiro atoms. The Hall–Kier alpha value is -2.02. The first kappa shape index (κ1) is 14.4. The number of non-ortho nitro benzene ring substituents is 1. The lowest BCUT2D eigenvalue weighted by molar-refractivity contribution is -0.384. The molecule has 0 bridgehead atoms. The number of hydrogen-bond donors (Lipinski definition) is 1. The van der Waals surface area contributed by atoms with Crippen molar-refractivity contribution in [2.24, 2.45) is 0 Å². The van der Waals surface area contributed by atoms with E-state index in [-0.39, 0.29) is 12.2 Å². The topological polar surface area (TPSA) is 55.2 Å². The van der Waals surface area contributed by atoms with Gasteiger partial charge in [-0.2, -0.15) is 0 Å². The lowest BCUT2D eigenvalue weighted by atomic mass is 10.2. The Morgan fingerprint density at radius 1 is 1.15 bits per heavy atom. The fourth-order valence-corrected chi connectivity index (χ4v) is 2.15. The van der Waals surface area contributed by atoms with Gasteiger partial charge in [-0.05, 0) is 23.8 Å². The number of anilines is 1. The highest BCUT2D eigenvalue weighted by Gasteiger charge is 2.09. The summed E-state index contributed by atoms with van der Waals surface area (Å²) < 4.78 is 26.6. The summed E-state index contributed by atoms with van der Waals surface area (Å²) in [4.78, 5) is 10.1. The minimum atomic E-state index is -0.671. The van der Waals surface area contributed by atoms with Gasteiger partial charge in [0.05, 0.1) is 4.92 Å². The highest BCUT2D eigenvalue weighted by molar-refractivity contribution is 9.10. The van der Waals surface area contributed by atoms with Gasteiger partial charge in [-0.1, -0.05) is 15.9 Å². The zero-order valence-corrected chi connectivity index (χ0v) is 11.7. The van der Waals surface area contributed by atoms with E-state index in [1.54, 1.807) is 6.07 Å². The predicted molar refractivity (Wildman–Crippen MR) is 74.5 cm³/mol. The summed E-state index contributed by atoms with van der Waals surface area (Å²) in [5, 5.41) is 13.5. The molecule has 7 heteroatoms. The molecule has 0 saturated heterocycles. The first-order valence-corrected chi connectivity index (χ1v) is 6.38. The lowest BCUT2D eigenvalue weighted by Gasteiger charge is -2.08. The number of nitrogens with one attached hydrogen (secondary N) is 1. The minimum absolute atomic E-state index is 0.0302. The van der Waals surface area contributed by atoms with Crippen LogP contribution in [-0.2, 0) is 6.54 Å². The van der Waals surface area contributed by atoms with Crippen molar-refractivity contribution in [3.8, 4) is 0 Å². The fourth-order valence-electron chi connectivity index (χ4n) is 1.65. The standard InChI is InChI=1S/C13H9BrF2N2O2/c14-13-6-12(18(19)20)2-1-8(13)7-17-11-4-9(15)3-10(16)5-11/h1-6,17H,7H2. The molecule has 0 aliphatic heterocycles. The predicted octanol–water partition coefficient (Wildman–Crippen LogP) is 4.25. The number of benzene rings is 2. The number of rotatable bonds is 4. The molecule has 1 N–H and O–H groups in total. The van der Waals surface area contributed by atoms with E-state index >= 15 is 0 Å². The second-order valence-corrected chi connectivity index (χ2v) is 4.90. The molecule has 0 amide bonds. The van der Waals surface area contributed by atoms with Crippen molar-refractivity contribution in [3.05, 3.63) is 68.2 Å². The molecule has 104 valence electrons. The van der Waals surface area contributed by atoms with Crippen molar-refractivity contribution >= 4 is 27.3 Å². The van der Waals surface area contributed by atoms with Crippen LogP contribution in [0.4, 0.5) is 20.2 Å². The van der Waals surface area contributed by atoms with Crippen LogP contribution in [0.15, 0.2) is 40.9 Å². The van der Waals surface area contributed by atoms with E-state index in [4.69, 9.17) is 0 Å². The maximum absolute atomic E-state index is 13.0. The molecule has 2 rings (SSSR count). The van der Waals surface area contributed by atoms with Gasteiger partial charge in [-0.3, -0.25) is 10.1 Å². The van der Waals surface area contributed by atoms with E-state index in [0.29, 0.717) is 10.2 Å². The van der Waals surface area contributed by atoms with Crippen LogP contribution < -0.4 is 5.32 Å². The molecule has 0 atom stereocenters. The second-order valence-electron chi connectivity index (χ2n) is 4.04. The SMILES string of the molecule is O=[N+]([O-])c1ccc(CNc2cc(F)cc(F)c2)c(Br)c1. The molecule has 2 aromatic carbocycles. The van der Waals surface area contributed by atoms with Gasteiger partial charge in [0, 0.05) is 34.9 Å². The molecule has 0 fully saturated rings. The Morgan fingerprint density at radius 3 is 2.35 bits per heavy atom.